The molecule has 2 aliphatic rings. The molecule has 0 atom stereocenters. The minimum atomic E-state index is 0.0985. The summed E-state index contributed by atoms with van der Waals surface area (Å²) in [6.07, 6.45) is 8.17. The molecule has 27 heavy (non-hydrogen) atoms. The quantitative estimate of drug-likeness (QED) is 0.872. The predicted octanol–water partition coefficient (Wildman–Crippen LogP) is 3.65. The van der Waals surface area contributed by atoms with Crippen LogP contribution < -0.4 is 10.2 Å². The van der Waals surface area contributed by atoms with Crippen LogP contribution in [0.25, 0.3) is 11.5 Å². The molecule has 4 rings (SSSR count). The third-order valence-electron chi connectivity index (χ3n) is 5.86. The number of hydrogen-bond donors (Lipinski definition) is 1. The van der Waals surface area contributed by atoms with Gasteiger partial charge in [-0.15, -0.1) is 5.10 Å². The average molecular weight is 368 g/mol. The summed E-state index contributed by atoms with van der Waals surface area (Å²) in [7, 11) is 0. The normalized spacial score (nSPS) is 19.2. The molecular weight excluding hydrogens is 340 g/mol. The summed E-state index contributed by atoms with van der Waals surface area (Å²) in [5, 5.41) is 11.5. The molecule has 0 radical (unpaired) electrons. The predicted molar refractivity (Wildman–Crippen MR) is 104 cm³/mol. The van der Waals surface area contributed by atoms with Crippen LogP contribution >= 0.6 is 0 Å². The molecule has 6 heteroatoms. The van der Waals surface area contributed by atoms with Crippen molar-refractivity contribution in [2.45, 2.75) is 44.9 Å². The highest BCUT2D eigenvalue weighted by molar-refractivity contribution is 5.78. The minimum Gasteiger partial charge on any atom is -0.403 e. The molecule has 1 aliphatic carbocycles. The van der Waals surface area contributed by atoms with E-state index in [0.29, 0.717) is 17.8 Å². The Balaban J connectivity index is 1.26. The van der Waals surface area contributed by atoms with Gasteiger partial charge in [0, 0.05) is 31.1 Å². The van der Waals surface area contributed by atoms with Crippen molar-refractivity contribution in [2.24, 2.45) is 11.8 Å². The van der Waals surface area contributed by atoms with Gasteiger partial charge in [0.05, 0.1) is 0 Å². The Hall–Kier alpha value is -2.37. The first kappa shape index (κ1) is 18.0. The number of nitrogens with zero attached hydrogens (tertiary/aromatic N) is 3. The molecular formula is C21H28N4O2. The summed E-state index contributed by atoms with van der Waals surface area (Å²) in [6.45, 7) is 2.40. The molecule has 1 aromatic carbocycles. The number of rotatable bonds is 5. The van der Waals surface area contributed by atoms with Crippen LogP contribution in [-0.4, -0.2) is 35.7 Å². The summed E-state index contributed by atoms with van der Waals surface area (Å²) in [6, 6.07) is 10.3. The van der Waals surface area contributed by atoms with Gasteiger partial charge in [0.15, 0.2) is 0 Å². The summed E-state index contributed by atoms with van der Waals surface area (Å²) in [5.41, 5.74) is 0.924. The zero-order valence-electron chi connectivity index (χ0n) is 15.8. The van der Waals surface area contributed by atoms with Crippen LogP contribution in [-0.2, 0) is 4.79 Å². The maximum atomic E-state index is 12.5. The first-order valence-corrected chi connectivity index (χ1v) is 10.2. The van der Waals surface area contributed by atoms with Crippen molar-refractivity contribution >= 4 is 11.9 Å². The van der Waals surface area contributed by atoms with Gasteiger partial charge in [0.1, 0.15) is 0 Å². The SMILES string of the molecule is O=C(NCC1CCCCC1)C1CCN(c2nnc(-c3ccccc3)o2)CC1. The fourth-order valence-electron chi connectivity index (χ4n) is 4.15. The number of carbonyl (C=O) groups is 1. The zero-order valence-corrected chi connectivity index (χ0v) is 15.8. The molecule has 2 heterocycles. The van der Waals surface area contributed by atoms with E-state index in [1.807, 2.05) is 30.3 Å². The van der Waals surface area contributed by atoms with Gasteiger partial charge in [-0.05, 0) is 43.7 Å². The molecule has 6 nitrogen and oxygen atoms in total. The molecule has 1 aliphatic heterocycles. The molecule has 0 spiro atoms. The lowest BCUT2D eigenvalue weighted by Crippen LogP contribution is -2.42. The number of nitrogens with one attached hydrogen (secondary N) is 1. The van der Waals surface area contributed by atoms with Gasteiger partial charge in [-0.2, -0.15) is 0 Å². The highest BCUT2D eigenvalue weighted by Gasteiger charge is 2.28. The number of anilines is 1. The van der Waals surface area contributed by atoms with Crippen molar-refractivity contribution in [1.29, 1.82) is 0 Å². The van der Waals surface area contributed by atoms with Crippen molar-refractivity contribution in [2.75, 3.05) is 24.5 Å². The summed E-state index contributed by atoms with van der Waals surface area (Å²) in [4.78, 5) is 14.6. The Morgan fingerprint density at radius 1 is 1.04 bits per heavy atom. The molecule has 1 saturated heterocycles. The van der Waals surface area contributed by atoms with Gasteiger partial charge in [-0.3, -0.25) is 4.79 Å². The lowest BCUT2D eigenvalue weighted by atomic mass is 9.89. The van der Waals surface area contributed by atoms with E-state index < -0.39 is 0 Å². The van der Waals surface area contributed by atoms with Crippen molar-refractivity contribution in [3.05, 3.63) is 30.3 Å². The zero-order chi connectivity index (χ0) is 18.5. The van der Waals surface area contributed by atoms with Gasteiger partial charge in [0.2, 0.25) is 11.8 Å². The van der Waals surface area contributed by atoms with Gasteiger partial charge in [-0.25, -0.2) is 0 Å². The Morgan fingerprint density at radius 2 is 1.78 bits per heavy atom. The smallest absolute Gasteiger partial charge is 0.318 e. The lowest BCUT2D eigenvalue weighted by Gasteiger charge is -2.30. The largest absolute Gasteiger partial charge is 0.403 e. The Kier molecular flexibility index (Phi) is 5.70. The van der Waals surface area contributed by atoms with Gasteiger partial charge >= 0.3 is 6.01 Å². The molecule has 2 fully saturated rings. The van der Waals surface area contributed by atoms with Crippen molar-refractivity contribution in [1.82, 2.24) is 15.5 Å². The molecule has 0 bridgehead atoms. The summed E-state index contributed by atoms with van der Waals surface area (Å²) < 4.78 is 5.83. The molecule has 0 unspecified atom stereocenters. The van der Waals surface area contributed by atoms with E-state index in [2.05, 4.69) is 20.4 Å². The summed E-state index contributed by atoms with van der Waals surface area (Å²) >= 11 is 0. The molecule has 1 amide bonds. The van der Waals surface area contributed by atoms with Crippen LogP contribution in [0.2, 0.25) is 0 Å². The van der Waals surface area contributed by atoms with Gasteiger partial charge in [0.25, 0.3) is 0 Å². The molecule has 144 valence electrons. The number of hydrogen-bond acceptors (Lipinski definition) is 5. The van der Waals surface area contributed by atoms with Crippen molar-refractivity contribution in [3.8, 4) is 11.5 Å². The van der Waals surface area contributed by atoms with E-state index >= 15 is 0 Å². The van der Waals surface area contributed by atoms with Crippen LogP contribution in [0.4, 0.5) is 6.01 Å². The fourth-order valence-corrected chi connectivity index (χ4v) is 4.15. The average Bonchev–Trinajstić information content (AvgIpc) is 3.24. The van der Waals surface area contributed by atoms with Crippen LogP contribution in [0.5, 0.6) is 0 Å². The van der Waals surface area contributed by atoms with E-state index in [0.717, 1.165) is 38.0 Å². The van der Waals surface area contributed by atoms with E-state index in [-0.39, 0.29) is 11.8 Å². The number of aromatic nitrogens is 2. The standard InChI is InChI=1S/C21H28N4O2/c26-19(22-15-16-7-3-1-4-8-16)17-11-13-25(14-12-17)21-24-23-20(27-21)18-9-5-2-6-10-18/h2,5-6,9-10,16-17H,1,3-4,7-8,11-15H2,(H,22,26). The third-order valence-corrected chi connectivity index (χ3v) is 5.86. The minimum absolute atomic E-state index is 0.0985. The Labute approximate surface area is 160 Å². The highest BCUT2D eigenvalue weighted by Crippen LogP contribution is 2.26. The second kappa shape index (κ2) is 8.55. The van der Waals surface area contributed by atoms with Crippen LogP contribution in [0, 0.1) is 11.8 Å². The van der Waals surface area contributed by atoms with E-state index in [9.17, 15) is 4.79 Å². The van der Waals surface area contributed by atoms with Crippen LogP contribution in [0.3, 0.4) is 0 Å². The Bertz CT molecular complexity index is 732. The topological polar surface area (TPSA) is 71.3 Å². The molecule has 1 N–H and O–H groups in total. The maximum Gasteiger partial charge on any atom is 0.318 e. The fraction of sp³-hybridized carbons (Fsp3) is 0.571. The first-order valence-electron chi connectivity index (χ1n) is 10.2. The monoisotopic (exact) mass is 368 g/mol. The molecule has 2 aromatic rings. The first-order chi connectivity index (χ1) is 13.3. The highest BCUT2D eigenvalue weighted by atomic mass is 16.4. The van der Waals surface area contributed by atoms with Crippen LogP contribution in [0.15, 0.2) is 34.7 Å². The van der Waals surface area contributed by atoms with E-state index in [1.165, 1.54) is 32.1 Å². The van der Waals surface area contributed by atoms with Crippen molar-refractivity contribution < 1.29 is 9.21 Å². The summed E-state index contributed by atoms with van der Waals surface area (Å²) in [5.74, 6) is 1.53. The number of amides is 1. The van der Waals surface area contributed by atoms with Gasteiger partial charge in [-0.1, -0.05) is 42.6 Å². The second-order valence-corrected chi connectivity index (χ2v) is 7.77. The number of piperidine rings is 1. The lowest BCUT2D eigenvalue weighted by molar-refractivity contribution is -0.125. The number of carbonyl (C=O) groups excluding carboxylic acids is 1. The van der Waals surface area contributed by atoms with Gasteiger partial charge < -0.3 is 14.6 Å². The van der Waals surface area contributed by atoms with E-state index in [4.69, 9.17) is 4.42 Å². The third kappa shape index (κ3) is 4.49. The number of benzene rings is 1. The van der Waals surface area contributed by atoms with E-state index in [1.54, 1.807) is 0 Å². The second-order valence-electron chi connectivity index (χ2n) is 7.77. The molecule has 1 aromatic heterocycles. The Morgan fingerprint density at radius 3 is 2.52 bits per heavy atom. The van der Waals surface area contributed by atoms with Crippen molar-refractivity contribution in [3.63, 3.8) is 0 Å². The molecule has 1 saturated carbocycles. The van der Waals surface area contributed by atoms with Crippen LogP contribution in [0.1, 0.15) is 44.9 Å². The maximum absolute atomic E-state index is 12.5.